The number of hydrogen-bond acceptors (Lipinski definition) is 3. The standard InChI is InChI=1S/C19H14FNO2S/c20-15-11-9-14(10-12-15)13-21-16-5-1-3-7-18(16)24(22,23)19-8-4-2-6-17(19)21/h1-12H,13H2. The maximum absolute atomic E-state index is 13.2. The normalized spacial score (nSPS) is 14.8. The molecule has 0 N–H and O–H groups in total. The van der Waals surface area contributed by atoms with Crippen molar-refractivity contribution in [1.82, 2.24) is 0 Å². The molecular weight excluding hydrogens is 325 g/mol. The second-order valence-electron chi connectivity index (χ2n) is 5.65. The summed E-state index contributed by atoms with van der Waals surface area (Å²) in [7, 11) is -3.53. The monoisotopic (exact) mass is 339 g/mol. The van der Waals surface area contributed by atoms with Gasteiger partial charge in [0.05, 0.1) is 21.2 Å². The molecule has 1 aliphatic rings. The number of anilines is 2. The summed E-state index contributed by atoms with van der Waals surface area (Å²) in [6, 6.07) is 20.2. The van der Waals surface area contributed by atoms with E-state index in [1.54, 1.807) is 48.5 Å². The van der Waals surface area contributed by atoms with Crippen LogP contribution in [0.1, 0.15) is 5.56 Å². The summed E-state index contributed by atoms with van der Waals surface area (Å²) in [5.41, 5.74) is 2.18. The number of hydrogen-bond donors (Lipinski definition) is 0. The number of fused-ring (bicyclic) bond motifs is 2. The van der Waals surface area contributed by atoms with E-state index in [9.17, 15) is 12.8 Å². The van der Waals surface area contributed by atoms with E-state index in [4.69, 9.17) is 0 Å². The van der Waals surface area contributed by atoms with Gasteiger partial charge in [-0.15, -0.1) is 0 Å². The second kappa shape index (κ2) is 5.46. The lowest BCUT2D eigenvalue weighted by molar-refractivity contribution is 0.594. The van der Waals surface area contributed by atoms with Gasteiger partial charge < -0.3 is 4.90 Å². The predicted molar refractivity (Wildman–Crippen MR) is 90.6 cm³/mol. The molecule has 1 heterocycles. The van der Waals surface area contributed by atoms with Gasteiger partial charge in [-0.05, 0) is 42.0 Å². The fourth-order valence-corrected chi connectivity index (χ4v) is 4.67. The van der Waals surface area contributed by atoms with Crippen LogP contribution in [0, 0.1) is 5.82 Å². The molecule has 0 atom stereocenters. The molecule has 3 aromatic carbocycles. The minimum absolute atomic E-state index is 0.291. The van der Waals surface area contributed by atoms with Gasteiger partial charge in [-0.2, -0.15) is 0 Å². The molecule has 0 aromatic heterocycles. The van der Waals surface area contributed by atoms with E-state index in [0.717, 1.165) is 5.56 Å². The minimum atomic E-state index is -3.53. The predicted octanol–water partition coefficient (Wildman–Crippen LogP) is 4.31. The molecule has 0 unspecified atom stereocenters. The largest absolute Gasteiger partial charge is 0.335 e. The van der Waals surface area contributed by atoms with E-state index in [2.05, 4.69) is 0 Å². The zero-order valence-corrected chi connectivity index (χ0v) is 13.5. The molecule has 1 aliphatic heterocycles. The fraction of sp³-hybridized carbons (Fsp3) is 0.0526. The highest BCUT2D eigenvalue weighted by molar-refractivity contribution is 7.92. The van der Waals surface area contributed by atoms with Crippen LogP contribution in [-0.4, -0.2) is 8.42 Å². The Morgan fingerprint density at radius 3 is 1.79 bits per heavy atom. The average molecular weight is 339 g/mol. The number of halogens is 1. The SMILES string of the molecule is O=S1(=O)c2ccccc2N(Cc2ccc(F)cc2)c2ccccc21. The zero-order valence-electron chi connectivity index (χ0n) is 12.7. The molecule has 3 nitrogen and oxygen atoms in total. The molecule has 24 heavy (non-hydrogen) atoms. The smallest absolute Gasteiger partial charge is 0.210 e. The van der Waals surface area contributed by atoms with Crippen molar-refractivity contribution >= 4 is 21.2 Å². The Bertz CT molecular complexity index is 960. The molecule has 0 amide bonds. The van der Waals surface area contributed by atoms with E-state index in [0.29, 0.717) is 27.7 Å². The number of sulfone groups is 1. The average Bonchev–Trinajstić information content (AvgIpc) is 2.61. The number of para-hydroxylation sites is 2. The molecule has 0 bridgehead atoms. The summed E-state index contributed by atoms with van der Waals surface area (Å²) in [6.07, 6.45) is 0. The van der Waals surface area contributed by atoms with Crippen molar-refractivity contribution in [2.24, 2.45) is 0 Å². The van der Waals surface area contributed by atoms with Gasteiger partial charge in [-0.25, -0.2) is 12.8 Å². The van der Waals surface area contributed by atoms with Crippen molar-refractivity contribution in [3.05, 3.63) is 84.2 Å². The maximum Gasteiger partial charge on any atom is 0.210 e. The van der Waals surface area contributed by atoms with Gasteiger partial charge in [-0.3, -0.25) is 0 Å². The van der Waals surface area contributed by atoms with Crippen LogP contribution in [0.25, 0.3) is 0 Å². The van der Waals surface area contributed by atoms with Crippen LogP contribution in [0.2, 0.25) is 0 Å². The number of rotatable bonds is 2. The van der Waals surface area contributed by atoms with Crippen LogP contribution in [0.3, 0.4) is 0 Å². The van der Waals surface area contributed by atoms with E-state index < -0.39 is 9.84 Å². The molecule has 0 aliphatic carbocycles. The lowest BCUT2D eigenvalue weighted by atomic mass is 10.1. The van der Waals surface area contributed by atoms with Gasteiger partial charge in [-0.1, -0.05) is 36.4 Å². The van der Waals surface area contributed by atoms with Crippen molar-refractivity contribution in [3.63, 3.8) is 0 Å². The summed E-state index contributed by atoms with van der Waals surface area (Å²) >= 11 is 0. The second-order valence-corrected chi connectivity index (χ2v) is 7.54. The molecule has 0 fully saturated rings. The Morgan fingerprint density at radius 2 is 1.25 bits per heavy atom. The van der Waals surface area contributed by atoms with Gasteiger partial charge in [0.25, 0.3) is 0 Å². The van der Waals surface area contributed by atoms with Crippen LogP contribution in [0.5, 0.6) is 0 Å². The van der Waals surface area contributed by atoms with Crippen molar-refractivity contribution < 1.29 is 12.8 Å². The van der Waals surface area contributed by atoms with Gasteiger partial charge in [0.1, 0.15) is 5.82 Å². The van der Waals surface area contributed by atoms with Gasteiger partial charge in [0.2, 0.25) is 9.84 Å². The third-order valence-electron chi connectivity index (χ3n) is 4.15. The van der Waals surface area contributed by atoms with Crippen molar-refractivity contribution in [2.75, 3.05) is 4.90 Å². The summed E-state index contributed by atoms with van der Waals surface area (Å²) in [6.45, 7) is 0.462. The van der Waals surface area contributed by atoms with E-state index >= 15 is 0 Å². The molecule has 4 rings (SSSR count). The Labute approximate surface area is 139 Å². The highest BCUT2D eigenvalue weighted by Gasteiger charge is 2.33. The van der Waals surface area contributed by atoms with E-state index in [-0.39, 0.29) is 5.82 Å². The quantitative estimate of drug-likeness (QED) is 0.698. The van der Waals surface area contributed by atoms with Crippen LogP contribution in [-0.2, 0) is 16.4 Å². The van der Waals surface area contributed by atoms with Crippen LogP contribution >= 0.6 is 0 Å². The molecule has 0 spiro atoms. The zero-order chi connectivity index (χ0) is 16.7. The van der Waals surface area contributed by atoms with Crippen LogP contribution in [0.15, 0.2) is 82.6 Å². The lowest BCUT2D eigenvalue weighted by Gasteiger charge is -2.32. The van der Waals surface area contributed by atoms with Gasteiger partial charge in [0, 0.05) is 6.54 Å². The van der Waals surface area contributed by atoms with Crippen LogP contribution in [0.4, 0.5) is 15.8 Å². The lowest BCUT2D eigenvalue weighted by Crippen LogP contribution is -2.25. The van der Waals surface area contributed by atoms with Gasteiger partial charge in [0.15, 0.2) is 0 Å². The van der Waals surface area contributed by atoms with E-state index in [1.807, 2.05) is 17.0 Å². The molecule has 5 heteroatoms. The summed E-state index contributed by atoms with van der Waals surface area (Å²) in [4.78, 5) is 2.55. The molecule has 0 radical (unpaired) electrons. The molecule has 120 valence electrons. The first kappa shape index (κ1) is 14.9. The molecule has 3 aromatic rings. The molecular formula is C19H14FNO2S. The number of benzene rings is 3. The Morgan fingerprint density at radius 1 is 0.750 bits per heavy atom. The third-order valence-corrected chi connectivity index (χ3v) is 5.99. The minimum Gasteiger partial charge on any atom is -0.335 e. The highest BCUT2D eigenvalue weighted by Crippen LogP contribution is 2.44. The topological polar surface area (TPSA) is 37.4 Å². The first-order valence-corrected chi connectivity index (χ1v) is 9.01. The van der Waals surface area contributed by atoms with Crippen molar-refractivity contribution in [1.29, 1.82) is 0 Å². The Hall–Kier alpha value is -2.66. The summed E-state index contributed by atoms with van der Waals surface area (Å²) in [5, 5.41) is 0. The van der Waals surface area contributed by atoms with Crippen LogP contribution < -0.4 is 4.90 Å². The van der Waals surface area contributed by atoms with Crippen molar-refractivity contribution in [3.8, 4) is 0 Å². The first-order valence-electron chi connectivity index (χ1n) is 7.52. The van der Waals surface area contributed by atoms with E-state index in [1.165, 1.54) is 12.1 Å². The first-order chi connectivity index (χ1) is 11.6. The Balaban J connectivity index is 1.90. The molecule has 0 saturated heterocycles. The summed E-state index contributed by atoms with van der Waals surface area (Å²) in [5.74, 6) is -0.291. The van der Waals surface area contributed by atoms with Crippen molar-refractivity contribution in [2.45, 2.75) is 16.3 Å². The highest BCUT2D eigenvalue weighted by atomic mass is 32.2. The Kier molecular flexibility index (Phi) is 3.39. The number of nitrogens with zero attached hydrogens (tertiary/aromatic N) is 1. The summed E-state index contributed by atoms with van der Waals surface area (Å²) < 4.78 is 38.9. The molecule has 0 saturated carbocycles. The van der Waals surface area contributed by atoms with Gasteiger partial charge >= 0.3 is 0 Å². The fourth-order valence-electron chi connectivity index (χ4n) is 3.01. The third kappa shape index (κ3) is 2.29. The maximum atomic E-state index is 13.2.